The van der Waals surface area contributed by atoms with Crippen molar-refractivity contribution >= 4 is 0 Å². The summed E-state index contributed by atoms with van der Waals surface area (Å²) in [5, 5.41) is 0. The quantitative estimate of drug-likeness (QED) is 0.822. The number of fused-ring (bicyclic) bond motifs is 1. The first-order chi connectivity index (χ1) is 12.4. The molecule has 1 aliphatic heterocycles. The molecule has 0 saturated carbocycles. The summed E-state index contributed by atoms with van der Waals surface area (Å²) in [5.74, 6) is 0. The number of hydrogen-bond donors (Lipinski definition) is 0. The molecule has 1 atom stereocenters. The summed E-state index contributed by atoms with van der Waals surface area (Å²) in [6.45, 7) is 6.12. The smallest absolute Gasteiger partial charge is 0.0351 e. The fourth-order valence-corrected chi connectivity index (χ4v) is 4.57. The van der Waals surface area contributed by atoms with E-state index in [0.717, 1.165) is 0 Å². The maximum atomic E-state index is 2.76. The molecule has 132 valence electrons. The minimum absolute atomic E-state index is 0.652. The maximum Gasteiger partial charge on any atom is 0.0351 e. The Morgan fingerprint density at radius 1 is 0.800 bits per heavy atom. The van der Waals surface area contributed by atoms with Gasteiger partial charge in [0, 0.05) is 32.2 Å². The predicted octanol–water partition coefficient (Wildman–Crippen LogP) is 4.31. The Labute approximate surface area is 152 Å². The monoisotopic (exact) mass is 334 g/mol. The van der Waals surface area contributed by atoms with Crippen LogP contribution in [0.1, 0.15) is 42.0 Å². The predicted molar refractivity (Wildman–Crippen MR) is 105 cm³/mol. The highest BCUT2D eigenvalue weighted by Crippen LogP contribution is 2.34. The van der Waals surface area contributed by atoms with E-state index in [0.29, 0.717) is 6.04 Å². The molecule has 2 heteroatoms. The van der Waals surface area contributed by atoms with Gasteiger partial charge in [0.25, 0.3) is 0 Å². The zero-order valence-electron chi connectivity index (χ0n) is 15.2. The van der Waals surface area contributed by atoms with Crippen LogP contribution in [0.25, 0.3) is 0 Å². The summed E-state index contributed by atoms with van der Waals surface area (Å²) in [6.07, 6.45) is 6.42. The minimum Gasteiger partial charge on any atom is -0.302 e. The molecule has 1 heterocycles. The zero-order valence-corrected chi connectivity index (χ0v) is 15.2. The second kappa shape index (κ2) is 8.16. The van der Waals surface area contributed by atoms with Crippen molar-refractivity contribution in [3.8, 4) is 0 Å². The molecule has 0 amide bonds. The fourth-order valence-electron chi connectivity index (χ4n) is 4.57. The third-order valence-corrected chi connectivity index (χ3v) is 5.96. The van der Waals surface area contributed by atoms with Gasteiger partial charge in [0.15, 0.2) is 0 Å². The normalized spacial score (nSPS) is 22.3. The van der Waals surface area contributed by atoms with Crippen molar-refractivity contribution in [3.63, 3.8) is 0 Å². The molecule has 1 aliphatic carbocycles. The number of nitrogens with zero attached hydrogens (tertiary/aromatic N) is 2. The lowest BCUT2D eigenvalue weighted by molar-refractivity contribution is 0.181. The second-order valence-electron chi connectivity index (χ2n) is 7.57. The Balaban J connectivity index is 1.36. The molecule has 2 aromatic rings. The molecular formula is C23H30N2. The lowest BCUT2D eigenvalue weighted by Gasteiger charge is -2.35. The average Bonchev–Trinajstić information content (AvgIpc) is 2.92. The van der Waals surface area contributed by atoms with Gasteiger partial charge in [-0.25, -0.2) is 0 Å². The summed E-state index contributed by atoms with van der Waals surface area (Å²) in [6, 6.07) is 20.7. The van der Waals surface area contributed by atoms with Gasteiger partial charge >= 0.3 is 0 Å². The molecule has 0 N–H and O–H groups in total. The number of benzene rings is 2. The first-order valence-corrected chi connectivity index (χ1v) is 9.98. The van der Waals surface area contributed by atoms with Crippen LogP contribution in [0.15, 0.2) is 54.6 Å². The Morgan fingerprint density at radius 2 is 1.64 bits per heavy atom. The van der Waals surface area contributed by atoms with E-state index in [1.807, 2.05) is 0 Å². The van der Waals surface area contributed by atoms with Gasteiger partial charge in [-0.2, -0.15) is 0 Å². The van der Waals surface area contributed by atoms with Crippen molar-refractivity contribution in [2.24, 2.45) is 0 Å². The Hall–Kier alpha value is -1.64. The minimum atomic E-state index is 0.652. The second-order valence-corrected chi connectivity index (χ2v) is 7.57. The fraction of sp³-hybridized carbons (Fsp3) is 0.478. The summed E-state index contributed by atoms with van der Waals surface area (Å²) >= 11 is 0. The van der Waals surface area contributed by atoms with Gasteiger partial charge in [-0.05, 0) is 55.3 Å². The molecule has 4 rings (SSSR count). The van der Waals surface area contributed by atoms with Crippen molar-refractivity contribution < 1.29 is 0 Å². The molecule has 0 radical (unpaired) electrons. The molecule has 1 fully saturated rings. The largest absolute Gasteiger partial charge is 0.302 e. The van der Waals surface area contributed by atoms with Gasteiger partial charge in [0.05, 0.1) is 0 Å². The van der Waals surface area contributed by atoms with Gasteiger partial charge in [-0.15, -0.1) is 0 Å². The molecule has 2 aliphatic rings. The number of hydrogen-bond acceptors (Lipinski definition) is 2. The maximum absolute atomic E-state index is 2.76. The van der Waals surface area contributed by atoms with Crippen LogP contribution in [0.2, 0.25) is 0 Å². The molecule has 2 nitrogen and oxygen atoms in total. The van der Waals surface area contributed by atoms with Gasteiger partial charge in [0.1, 0.15) is 0 Å². The van der Waals surface area contributed by atoms with E-state index in [9.17, 15) is 0 Å². The molecule has 2 aromatic carbocycles. The Kier molecular flexibility index (Phi) is 5.49. The van der Waals surface area contributed by atoms with Crippen LogP contribution in [0.3, 0.4) is 0 Å². The summed E-state index contributed by atoms with van der Waals surface area (Å²) in [4.78, 5) is 5.43. The first-order valence-electron chi connectivity index (χ1n) is 9.98. The number of aryl methyl sites for hydroxylation is 1. The van der Waals surface area contributed by atoms with E-state index < -0.39 is 0 Å². The molecule has 1 unspecified atom stereocenters. The van der Waals surface area contributed by atoms with Crippen molar-refractivity contribution in [1.29, 1.82) is 0 Å². The first kappa shape index (κ1) is 16.8. The summed E-state index contributed by atoms with van der Waals surface area (Å²) < 4.78 is 0. The molecule has 0 bridgehead atoms. The lowest BCUT2D eigenvalue weighted by atomic mass is 9.87. The lowest BCUT2D eigenvalue weighted by Crippen LogP contribution is -2.35. The van der Waals surface area contributed by atoms with Gasteiger partial charge in [0.2, 0.25) is 0 Å². The van der Waals surface area contributed by atoms with Crippen LogP contribution in [0, 0.1) is 0 Å². The van der Waals surface area contributed by atoms with Crippen LogP contribution in [0.5, 0.6) is 0 Å². The van der Waals surface area contributed by atoms with E-state index in [-0.39, 0.29) is 0 Å². The molecule has 1 saturated heterocycles. The van der Waals surface area contributed by atoms with Crippen molar-refractivity contribution in [1.82, 2.24) is 9.80 Å². The molecule has 25 heavy (non-hydrogen) atoms. The van der Waals surface area contributed by atoms with Crippen molar-refractivity contribution in [2.45, 2.75) is 38.1 Å². The topological polar surface area (TPSA) is 6.48 Å². The Morgan fingerprint density at radius 3 is 2.56 bits per heavy atom. The van der Waals surface area contributed by atoms with Crippen LogP contribution in [0.4, 0.5) is 0 Å². The van der Waals surface area contributed by atoms with Crippen LogP contribution in [-0.4, -0.2) is 42.5 Å². The highest BCUT2D eigenvalue weighted by molar-refractivity contribution is 5.32. The standard InChI is InChI=1S/C23H30N2/c1-2-8-20(9-3-1)14-17-24-15-7-16-25(19-18-24)23-13-6-11-21-10-4-5-12-22(21)23/h1-5,8-10,12,23H,6-7,11,13-19H2. The van der Waals surface area contributed by atoms with Crippen LogP contribution in [-0.2, 0) is 12.8 Å². The zero-order chi connectivity index (χ0) is 16.9. The molecule has 0 aromatic heterocycles. The van der Waals surface area contributed by atoms with E-state index >= 15 is 0 Å². The van der Waals surface area contributed by atoms with Crippen LogP contribution >= 0.6 is 0 Å². The highest BCUT2D eigenvalue weighted by atomic mass is 15.2. The van der Waals surface area contributed by atoms with Gasteiger partial charge in [-0.3, -0.25) is 4.90 Å². The summed E-state index contributed by atoms with van der Waals surface area (Å²) in [5.41, 5.74) is 4.65. The van der Waals surface area contributed by atoms with Crippen molar-refractivity contribution in [2.75, 3.05) is 32.7 Å². The summed E-state index contributed by atoms with van der Waals surface area (Å²) in [7, 11) is 0. The SMILES string of the molecule is c1ccc(CCN2CCCN(C3CCCc4ccccc43)CC2)cc1. The van der Waals surface area contributed by atoms with Crippen molar-refractivity contribution in [3.05, 3.63) is 71.3 Å². The third-order valence-electron chi connectivity index (χ3n) is 5.96. The van der Waals surface area contributed by atoms with Gasteiger partial charge < -0.3 is 4.90 Å². The van der Waals surface area contributed by atoms with Crippen LogP contribution < -0.4 is 0 Å². The molecular weight excluding hydrogens is 304 g/mol. The number of rotatable bonds is 4. The molecule has 0 spiro atoms. The third kappa shape index (κ3) is 4.13. The van der Waals surface area contributed by atoms with E-state index in [1.54, 1.807) is 11.1 Å². The highest BCUT2D eigenvalue weighted by Gasteiger charge is 2.27. The van der Waals surface area contributed by atoms with Gasteiger partial charge in [-0.1, -0.05) is 54.6 Å². The average molecular weight is 335 g/mol. The Bertz CT molecular complexity index is 667. The van der Waals surface area contributed by atoms with E-state index in [1.165, 1.54) is 70.4 Å². The van der Waals surface area contributed by atoms with E-state index in [4.69, 9.17) is 0 Å². The van der Waals surface area contributed by atoms with E-state index in [2.05, 4.69) is 64.4 Å².